The number of hydrogen-bond donors (Lipinski definition) is 1. The van der Waals surface area contributed by atoms with Gasteiger partial charge in [0.15, 0.2) is 0 Å². The second-order valence-electron chi connectivity index (χ2n) is 3.80. The number of rotatable bonds is 4. The molecule has 1 aromatic rings. The van der Waals surface area contributed by atoms with Crippen LogP contribution in [0.25, 0.3) is 0 Å². The topological polar surface area (TPSA) is 29.1 Å². The first-order valence-electron chi connectivity index (χ1n) is 5.30. The molecule has 1 unspecified atom stereocenters. The van der Waals surface area contributed by atoms with Gasteiger partial charge in [0.1, 0.15) is 0 Å². The zero-order valence-electron chi connectivity index (χ0n) is 9.39. The summed E-state index contributed by atoms with van der Waals surface area (Å²) >= 11 is 9.24. The number of carbonyl (C=O) groups excluding carboxylic acids is 1. The molecule has 0 aliphatic rings. The van der Waals surface area contributed by atoms with Gasteiger partial charge in [0, 0.05) is 15.4 Å². The molecule has 1 aromatic carbocycles. The fraction of sp³-hybridized carbons (Fsp3) is 0.417. The molecule has 0 bridgehead atoms. The number of halogens is 2. The zero-order chi connectivity index (χ0) is 12.1. The Morgan fingerprint density at radius 3 is 2.88 bits per heavy atom. The maximum atomic E-state index is 11.8. The van der Waals surface area contributed by atoms with Crippen molar-refractivity contribution in [1.29, 1.82) is 0 Å². The molecular weight excluding hydrogens is 289 g/mol. The number of carbonyl (C=O) groups is 1. The Morgan fingerprint density at radius 1 is 1.56 bits per heavy atom. The third kappa shape index (κ3) is 3.80. The van der Waals surface area contributed by atoms with Crippen molar-refractivity contribution in [3.8, 4) is 0 Å². The van der Waals surface area contributed by atoms with Crippen molar-refractivity contribution in [2.24, 2.45) is 5.92 Å². The van der Waals surface area contributed by atoms with Crippen LogP contribution < -0.4 is 5.32 Å². The molecule has 2 nitrogen and oxygen atoms in total. The minimum atomic E-state index is 0.0240. The Labute approximate surface area is 110 Å². The van der Waals surface area contributed by atoms with Crippen LogP contribution in [0.4, 0.5) is 5.69 Å². The molecule has 1 atom stereocenters. The molecule has 0 radical (unpaired) electrons. The van der Waals surface area contributed by atoms with E-state index in [1.807, 2.05) is 13.0 Å². The first kappa shape index (κ1) is 13.5. The smallest absolute Gasteiger partial charge is 0.227 e. The Bertz CT molecular complexity index is 381. The average molecular weight is 305 g/mol. The highest BCUT2D eigenvalue weighted by Gasteiger charge is 2.13. The molecule has 88 valence electrons. The van der Waals surface area contributed by atoms with Gasteiger partial charge in [-0.05, 0) is 40.5 Å². The molecule has 0 aliphatic heterocycles. The highest BCUT2D eigenvalue weighted by Crippen LogP contribution is 2.26. The van der Waals surface area contributed by atoms with E-state index in [-0.39, 0.29) is 11.8 Å². The number of hydrogen-bond acceptors (Lipinski definition) is 1. The monoisotopic (exact) mass is 303 g/mol. The number of nitrogens with one attached hydrogen (secondary N) is 1. The number of benzene rings is 1. The predicted octanol–water partition coefficient (Wildman–Crippen LogP) is 4.48. The largest absolute Gasteiger partial charge is 0.325 e. The van der Waals surface area contributed by atoms with Gasteiger partial charge >= 0.3 is 0 Å². The summed E-state index contributed by atoms with van der Waals surface area (Å²) in [5, 5.41) is 3.48. The van der Waals surface area contributed by atoms with E-state index in [0.29, 0.717) is 5.02 Å². The Morgan fingerprint density at radius 2 is 2.25 bits per heavy atom. The maximum Gasteiger partial charge on any atom is 0.227 e. The minimum Gasteiger partial charge on any atom is -0.325 e. The summed E-state index contributed by atoms with van der Waals surface area (Å²) in [4.78, 5) is 11.8. The quantitative estimate of drug-likeness (QED) is 0.873. The van der Waals surface area contributed by atoms with Gasteiger partial charge in [-0.1, -0.05) is 31.9 Å². The standard InChI is InChI=1S/C12H15BrClNO/c1-3-4-8(2)12(16)15-11-7-9(14)5-6-10(11)13/h5-8H,3-4H2,1-2H3,(H,15,16). The van der Waals surface area contributed by atoms with Crippen LogP contribution in [0.5, 0.6) is 0 Å². The van der Waals surface area contributed by atoms with E-state index in [1.54, 1.807) is 12.1 Å². The Hall–Kier alpha value is -0.540. The van der Waals surface area contributed by atoms with Gasteiger partial charge in [-0.15, -0.1) is 0 Å². The van der Waals surface area contributed by atoms with Crippen molar-refractivity contribution in [2.75, 3.05) is 5.32 Å². The lowest BCUT2D eigenvalue weighted by atomic mass is 10.1. The summed E-state index contributed by atoms with van der Waals surface area (Å²) in [6, 6.07) is 5.33. The lowest BCUT2D eigenvalue weighted by Crippen LogP contribution is -2.20. The fourth-order valence-corrected chi connectivity index (χ4v) is 1.93. The molecule has 1 amide bonds. The van der Waals surface area contributed by atoms with E-state index in [1.165, 1.54) is 0 Å². The van der Waals surface area contributed by atoms with Gasteiger partial charge < -0.3 is 5.32 Å². The molecule has 1 rings (SSSR count). The number of amides is 1. The van der Waals surface area contributed by atoms with Crippen LogP contribution in [0.3, 0.4) is 0 Å². The van der Waals surface area contributed by atoms with Crippen LogP contribution in [-0.2, 0) is 4.79 Å². The van der Waals surface area contributed by atoms with Gasteiger partial charge in [-0.3, -0.25) is 4.79 Å². The van der Waals surface area contributed by atoms with Crippen LogP contribution in [0.15, 0.2) is 22.7 Å². The maximum absolute atomic E-state index is 11.8. The van der Waals surface area contributed by atoms with Gasteiger partial charge in [-0.25, -0.2) is 0 Å². The summed E-state index contributed by atoms with van der Waals surface area (Å²) in [7, 11) is 0. The SMILES string of the molecule is CCCC(C)C(=O)Nc1cc(Cl)ccc1Br. The lowest BCUT2D eigenvalue weighted by molar-refractivity contribution is -0.119. The first-order valence-corrected chi connectivity index (χ1v) is 6.47. The third-order valence-corrected chi connectivity index (χ3v) is 3.28. The fourth-order valence-electron chi connectivity index (χ4n) is 1.41. The van der Waals surface area contributed by atoms with Crippen molar-refractivity contribution < 1.29 is 4.79 Å². The summed E-state index contributed by atoms with van der Waals surface area (Å²) in [5.41, 5.74) is 0.723. The minimum absolute atomic E-state index is 0.0240. The van der Waals surface area contributed by atoms with Crippen molar-refractivity contribution in [2.45, 2.75) is 26.7 Å². The van der Waals surface area contributed by atoms with Crippen molar-refractivity contribution in [3.05, 3.63) is 27.7 Å². The van der Waals surface area contributed by atoms with E-state index in [2.05, 4.69) is 28.2 Å². The van der Waals surface area contributed by atoms with Gasteiger partial charge in [-0.2, -0.15) is 0 Å². The molecule has 16 heavy (non-hydrogen) atoms. The van der Waals surface area contributed by atoms with Crippen LogP contribution in [-0.4, -0.2) is 5.91 Å². The summed E-state index contributed by atoms with van der Waals surface area (Å²) < 4.78 is 0.842. The van der Waals surface area contributed by atoms with Crippen LogP contribution in [0, 0.1) is 5.92 Å². The molecule has 0 fully saturated rings. The van der Waals surface area contributed by atoms with E-state index in [0.717, 1.165) is 23.0 Å². The second-order valence-corrected chi connectivity index (χ2v) is 5.09. The van der Waals surface area contributed by atoms with Crippen molar-refractivity contribution in [3.63, 3.8) is 0 Å². The predicted molar refractivity (Wildman–Crippen MR) is 71.9 cm³/mol. The van der Waals surface area contributed by atoms with E-state index >= 15 is 0 Å². The zero-order valence-corrected chi connectivity index (χ0v) is 11.7. The van der Waals surface area contributed by atoms with Crippen molar-refractivity contribution >= 4 is 39.1 Å². The van der Waals surface area contributed by atoms with E-state index in [9.17, 15) is 4.79 Å². The third-order valence-electron chi connectivity index (χ3n) is 2.36. The second kappa shape index (κ2) is 6.26. The molecule has 0 aliphatic carbocycles. The van der Waals surface area contributed by atoms with Gasteiger partial charge in [0.25, 0.3) is 0 Å². The molecule has 1 N–H and O–H groups in total. The molecule has 0 spiro atoms. The first-order chi connectivity index (χ1) is 7.54. The van der Waals surface area contributed by atoms with E-state index in [4.69, 9.17) is 11.6 Å². The van der Waals surface area contributed by atoms with Crippen molar-refractivity contribution in [1.82, 2.24) is 0 Å². The number of anilines is 1. The average Bonchev–Trinajstić information content (AvgIpc) is 2.23. The highest BCUT2D eigenvalue weighted by molar-refractivity contribution is 9.10. The molecule has 0 heterocycles. The van der Waals surface area contributed by atoms with E-state index < -0.39 is 0 Å². The summed E-state index contributed by atoms with van der Waals surface area (Å²) in [6.45, 7) is 4.00. The van der Waals surface area contributed by atoms with Crippen LogP contribution in [0.2, 0.25) is 5.02 Å². The molecular formula is C12H15BrClNO. The Kier molecular flexibility index (Phi) is 5.29. The Balaban J connectivity index is 2.72. The molecule has 0 saturated heterocycles. The molecule has 0 saturated carbocycles. The normalized spacial score (nSPS) is 12.2. The molecule has 4 heteroatoms. The van der Waals surface area contributed by atoms with Gasteiger partial charge in [0.05, 0.1) is 5.69 Å². The summed E-state index contributed by atoms with van der Waals surface area (Å²) in [6.07, 6.45) is 1.90. The molecule has 0 aromatic heterocycles. The lowest BCUT2D eigenvalue weighted by Gasteiger charge is -2.12. The highest BCUT2D eigenvalue weighted by atomic mass is 79.9. The van der Waals surface area contributed by atoms with Gasteiger partial charge in [0.2, 0.25) is 5.91 Å². The van der Waals surface area contributed by atoms with Crippen LogP contribution >= 0.6 is 27.5 Å². The van der Waals surface area contributed by atoms with Crippen LogP contribution in [0.1, 0.15) is 26.7 Å². The summed E-state index contributed by atoms with van der Waals surface area (Å²) in [5.74, 6) is 0.0562.